The topological polar surface area (TPSA) is 34.0 Å². The fraction of sp³-hybridized carbons (Fsp3) is 0.206. The van der Waals surface area contributed by atoms with Crippen LogP contribution in [0, 0.1) is 13.8 Å². The number of nitrogens with one attached hydrogen (secondary N) is 1. The van der Waals surface area contributed by atoms with Crippen molar-refractivity contribution in [3.63, 3.8) is 0 Å². The zero-order chi connectivity index (χ0) is 25.6. The zero-order valence-electron chi connectivity index (χ0n) is 21.7. The van der Waals surface area contributed by atoms with Gasteiger partial charge in [0.15, 0.2) is 0 Å². The highest BCUT2D eigenvalue weighted by atomic mass is 16.1. The maximum atomic E-state index is 13.2. The van der Waals surface area contributed by atoms with Gasteiger partial charge in [0.25, 0.3) is 0 Å². The average molecular weight is 487 g/mol. The van der Waals surface area contributed by atoms with Gasteiger partial charge in [0.1, 0.15) is 0 Å². The number of benzene rings is 4. The van der Waals surface area contributed by atoms with E-state index in [2.05, 4.69) is 115 Å². The Morgan fingerprint density at radius 2 is 1.54 bits per heavy atom. The average Bonchev–Trinajstić information content (AvgIpc) is 3.27. The van der Waals surface area contributed by atoms with Crippen molar-refractivity contribution < 1.29 is 4.79 Å². The number of aryl methyl sites for hydroxylation is 2. The summed E-state index contributed by atoms with van der Waals surface area (Å²) in [6.07, 6.45) is 3.50. The standard InChI is InChI=1S/C34H34N2O/c1-25-15-17-28(18-16-25)23-36-24-32(30-13-6-7-14-33(30)36)31(29-12-8-9-26(2)21-29)22-34(37)35-20-19-27-10-4-3-5-11-27/h3-18,21,24,31H,19-20,22-23H2,1-2H3,(H,35,37)/t31-/m1/s1. The summed E-state index contributed by atoms with van der Waals surface area (Å²) in [6.45, 7) is 5.66. The van der Waals surface area contributed by atoms with Crippen molar-refractivity contribution in [2.75, 3.05) is 6.54 Å². The molecule has 0 aliphatic rings. The fourth-order valence-electron chi connectivity index (χ4n) is 5.12. The Morgan fingerprint density at radius 1 is 0.784 bits per heavy atom. The highest BCUT2D eigenvalue weighted by Gasteiger charge is 2.23. The largest absolute Gasteiger partial charge is 0.356 e. The summed E-state index contributed by atoms with van der Waals surface area (Å²) in [5.41, 5.74) is 8.54. The maximum Gasteiger partial charge on any atom is 0.220 e. The summed E-state index contributed by atoms with van der Waals surface area (Å²) in [5.74, 6) is 0.0543. The van der Waals surface area contributed by atoms with Gasteiger partial charge in [-0.3, -0.25) is 4.79 Å². The molecule has 1 N–H and O–H groups in total. The Hall–Kier alpha value is -4.11. The third-order valence-corrected chi connectivity index (χ3v) is 7.08. The molecule has 0 radical (unpaired) electrons. The molecule has 1 amide bonds. The molecular formula is C34H34N2O. The number of aromatic nitrogens is 1. The van der Waals surface area contributed by atoms with Gasteiger partial charge in [0, 0.05) is 42.5 Å². The SMILES string of the molecule is Cc1ccc(Cn2cc([C@H](CC(=O)NCCc3ccccc3)c3cccc(C)c3)c3ccccc32)cc1. The van der Waals surface area contributed by atoms with E-state index in [1.807, 2.05) is 18.2 Å². The molecule has 0 fully saturated rings. The number of para-hydroxylation sites is 1. The van der Waals surface area contributed by atoms with Crippen LogP contribution in [0.2, 0.25) is 0 Å². The molecule has 0 saturated carbocycles. The van der Waals surface area contributed by atoms with Gasteiger partial charge < -0.3 is 9.88 Å². The van der Waals surface area contributed by atoms with Crippen LogP contribution in [0.5, 0.6) is 0 Å². The molecule has 0 spiro atoms. The normalized spacial score (nSPS) is 11.9. The van der Waals surface area contributed by atoms with Crippen molar-refractivity contribution in [1.29, 1.82) is 0 Å². The third kappa shape index (κ3) is 6.00. The number of hydrogen-bond acceptors (Lipinski definition) is 1. The molecule has 5 aromatic rings. The number of carbonyl (C=O) groups excluding carboxylic acids is 1. The van der Waals surface area contributed by atoms with Crippen LogP contribution in [0.4, 0.5) is 0 Å². The van der Waals surface area contributed by atoms with Crippen LogP contribution < -0.4 is 5.32 Å². The molecule has 4 aromatic carbocycles. The predicted octanol–water partition coefficient (Wildman–Crippen LogP) is 7.19. The van der Waals surface area contributed by atoms with E-state index in [0.717, 1.165) is 13.0 Å². The molecule has 0 bridgehead atoms. The molecule has 0 aliphatic carbocycles. The highest BCUT2D eigenvalue weighted by molar-refractivity contribution is 5.86. The van der Waals surface area contributed by atoms with Gasteiger partial charge in [-0.25, -0.2) is 0 Å². The lowest BCUT2D eigenvalue weighted by atomic mass is 9.87. The van der Waals surface area contributed by atoms with E-state index in [4.69, 9.17) is 0 Å². The van der Waals surface area contributed by atoms with E-state index in [-0.39, 0.29) is 11.8 Å². The van der Waals surface area contributed by atoms with E-state index in [1.165, 1.54) is 44.3 Å². The lowest BCUT2D eigenvalue weighted by Gasteiger charge is -2.18. The summed E-state index contributed by atoms with van der Waals surface area (Å²) in [4.78, 5) is 13.2. The molecule has 3 nitrogen and oxygen atoms in total. The van der Waals surface area contributed by atoms with Gasteiger partial charge >= 0.3 is 0 Å². The lowest BCUT2D eigenvalue weighted by Crippen LogP contribution is -2.27. The summed E-state index contributed by atoms with van der Waals surface area (Å²) in [6, 6.07) is 36.1. The fourth-order valence-corrected chi connectivity index (χ4v) is 5.12. The third-order valence-electron chi connectivity index (χ3n) is 7.08. The minimum absolute atomic E-state index is 0.0270. The summed E-state index contributed by atoms with van der Waals surface area (Å²) in [5, 5.41) is 4.38. The Labute approximate surface area is 219 Å². The summed E-state index contributed by atoms with van der Waals surface area (Å²) in [7, 11) is 0. The smallest absolute Gasteiger partial charge is 0.220 e. The van der Waals surface area contributed by atoms with Gasteiger partial charge in [-0.1, -0.05) is 108 Å². The van der Waals surface area contributed by atoms with Crippen LogP contribution in [0.1, 0.15) is 45.7 Å². The van der Waals surface area contributed by atoms with E-state index in [1.54, 1.807) is 0 Å². The minimum Gasteiger partial charge on any atom is -0.356 e. The van der Waals surface area contributed by atoms with Crippen molar-refractivity contribution in [1.82, 2.24) is 9.88 Å². The van der Waals surface area contributed by atoms with Crippen LogP contribution in [-0.4, -0.2) is 17.0 Å². The van der Waals surface area contributed by atoms with Gasteiger partial charge in [0.2, 0.25) is 5.91 Å². The molecule has 5 rings (SSSR count). The van der Waals surface area contributed by atoms with Crippen LogP contribution in [-0.2, 0) is 17.8 Å². The first-order valence-corrected chi connectivity index (χ1v) is 13.1. The molecule has 1 atom stereocenters. The van der Waals surface area contributed by atoms with Crippen LogP contribution >= 0.6 is 0 Å². The van der Waals surface area contributed by atoms with E-state index >= 15 is 0 Å². The van der Waals surface area contributed by atoms with Crippen LogP contribution in [0.25, 0.3) is 10.9 Å². The van der Waals surface area contributed by atoms with Crippen LogP contribution in [0.15, 0.2) is 109 Å². The first kappa shape index (κ1) is 24.6. The number of carbonyl (C=O) groups is 1. The van der Waals surface area contributed by atoms with Gasteiger partial charge in [-0.2, -0.15) is 0 Å². The first-order valence-electron chi connectivity index (χ1n) is 13.1. The van der Waals surface area contributed by atoms with Crippen molar-refractivity contribution in [3.8, 4) is 0 Å². The first-order chi connectivity index (χ1) is 18.1. The molecule has 186 valence electrons. The second-order valence-electron chi connectivity index (χ2n) is 9.97. The molecule has 0 unspecified atom stereocenters. The molecule has 0 saturated heterocycles. The van der Waals surface area contributed by atoms with Crippen molar-refractivity contribution >= 4 is 16.8 Å². The minimum atomic E-state index is -0.0270. The van der Waals surface area contributed by atoms with Crippen molar-refractivity contribution in [2.45, 2.75) is 39.2 Å². The maximum absolute atomic E-state index is 13.2. The second kappa shape index (κ2) is 11.3. The van der Waals surface area contributed by atoms with E-state index in [9.17, 15) is 4.79 Å². The molecule has 3 heteroatoms. The number of fused-ring (bicyclic) bond motifs is 1. The highest BCUT2D eigenvalue weighted by Crippen LogP contribution is 2.35. The molecule has 0 aliphatic heterocycles. The van der Waals surface area contributed by atoms with Crippen molar-refractivity contribution in [3.05, 3.63) is 143 Å². The van der Waals surface area contributed by atoms with Gasteiger partial charge in [-0.05, 0) is 48.6 Å². The van der Waals surface area contributed by atoms with Crippen LogP contribution in [0.3, 0.4) is 0 Å². The second-order valence-corrected chi connectivity index (χ2v) is 9.97. The quantitative estimate of drug-likeness (QED) is 0.235. The Balaban J connectivity index is 1.44. The number of hydrogen-bond donors (Lipinski definition) is 1. The lowest BCUT2D eigenvalue weighted by molar-refractivity contribution is -0.121. The zero-order valence-corrected chi connectivity index (χ0v) is 21.7. The summed E-state index contributed by atoms with van der Waals surface area (Å²) >= 11 is 0. The van der Waals surface area contributed by atoms with Gasteiger partial charge in [0.05, 0.1) is 0 Å². The Bertz CT molecular complexity index is 1480. The monoisotopic (exact) mass is 486 g/mol. The Kier molecular flexibility index (Phi) is 7.51. The van der Waals surface area contributed by atoms with Gasteiger partial charge in [-0.15, -0.1) is 0 Å². The Morgan fingerprint density at radius 3 is 2.32 bits per heavy atom. The predicted molar refractivity (Wildman–Crippen MR) is 153 cm³/mol. The molecule has 1 heterocycles. The van der Waals surface area contributed by atoms with E-state index < -0.39 is 0 Å². The van der Waals surface area contributed by atoms with Crippen molar-refractivity contribution in [2.24, 2.45) is 0 Å². The van der Waals surface area contributed by atoms with E-state index in [0.29, 0.717) is 13.0 Å². The number of amides is 1. The molecular weight excluding hydrogens is 452 g/mol. The molecule has 37 heavy (non-hydrogen) atoms. The number of nitrogens with zero attached hydrogens (tertiary/aromatic N) is 1. The number of rotatable bonds is 9. The summed E-state index contributed by atoms with van der Waals surface area (Å²) < 4.78 is 2.32. The molecule has 1 aromatic heterocycles.